The highest BCUT2D eigenvalue weighted by atomic mass is 16.5. The van der Waals surface area contributed by atoms with Crippen molar-refractivity contribution in [3.05, 3.63) is 11.7 Å². The molecular weight excluding hydrogens is 256 g/mol. The third-order valence-electron chi connectivity index (χ3n) is 4.55. The van der Waals surface area contributed by atoms with Crippen LogP contribution in [-0.2, 0) is 4.74 Å². The van der Waals surface area contributed by atoms with Gasteiger partial charge in [-0.1, -0.05) is 18.5 Å². The molecule has 2 aliphatic rings. The molecule has 112 valence electrons. The van der Waals surface area contributed by atoms with Gasteiger partial charge < -0.3 is 14.6 Å². The minimum atomic E-state index is -0.0457. The summed E-state index contributed by atoms with van der Waals surface area (Å²) in [6.07, 6.45) is 3.48. The van der Waals surface area contributed by atoms with E-state index in [-0.39, 0.29) is 6.10 Å². The summed E-state index contributed by atoms with van der Waals surface area (Å²) >= 11 is 0. The van der Waals surface area contributed by atoms with Crippen LogP contribution in [0.2, 0.25) is 0 Å². The molecule has 1 saturated heterocycles. The minimum Gasteiger partial charge on any atom is -0.367 e. The molecule has 2 heterocycles. The molecule has 1 aromatic heterocycles. The first kappa shape index (κ1) is 14.0. The summed E-state index contributed by atoms with van der Waals surface area (Å²) in [6.45, 7) is 5.79. The maximum Gasteiger partial charge on any atom is 0.231 e. The van der Waals surface area contributed by atoms with Gasteiger partial charge in [0.25, 0.3) is 0 Å². The van der Waals surface area contributed by atoms with Crippen LogP contribution in [0, 0.1) is 0 Å². The van der Waals surface area contributed by atoms with Gasteiger partial charge in [0.1, 0.15) is 6.10 Å². The number of nitrogens with one attached hydrogen (secondary N) is 1. The van der Waals surface area contributed by atoms with Crippen LogP contribution >= 0.6 is 0 Å². The van der Waals surface area contributed by atoms with Crippen molar-refractivity contribution in [2.24, 2.45) is 0 Å². The van der Waals surface area contributed by atoms with E-state index in [1.807, 2.05) is 7.05 Å². The molecule has 0 amide bonds. The van der Waals surface area contributed by atoms with Gasteiger partial charge in [0, 0.05) is 19.1 Å². The Morgan fingerprint density at radius 2 is 2.30 bits per heavy atom. The number of likely N-dealkylation sites (N-methyl/N-ethyl adjacent to an activating group) is 2. The zero-order valence-corrected chi connectivity index (χ0v) is 12.3. The molecule has 3 atom stereocenters. The van der Waals surface area contributed by atoms with Crippen LogP contribution in [0.1, 0.15) is 49.9 Å². The van der Waals surface area contributed by atoms with Gasteiger partial charge in [0.2, 0.25) is 11.7 Å². The van der Waals surface area contributed by atoms with E-state index >= 15 is 0 Å². The lowest BCUT2D eigenvalue weighted by atomic mass is 10.0. The van der Waals surface area contributed by atoms with E-state index in [0.717, 1.165) is 38.6 Å². The second kappa shape index (κ2) is 6.20. The first-order valence-corrected chi connectivity index (χ1v) is 7.66. The third-order valence-corrected chi connectivity index (χ3v) is 4.55. The van der Waals surface area contributed by atoms with Gasteiger partial charge in [-0.2, -0.15) is 4.98 Å². The molecule has 1 N–H and O–H groups in total. The Morgan fingerprint density at radius 1 is 1.40 bits per heavy atom. The molecule has 0 bridgehead atoms. The van der Waals surface area contributed by atoms with Gasteiger partial charge in [-0.05, 0) is 26.4 Å². The van der Waals surface area contributed by atoms with Crippen molar-refractivity contribution >= 4 is 0 Å². The normalized spacial score (nSPS) is 31.8. The number of morpholine rings is 1. The van der Waals surface area contributed by atoms with Gasteiger partial charge >= 0.3 is 0 Å². The van der Waals surface area contributed by atoms with Crippen molar-refractivity contribution in [2.45, 2.75) is 44.2 Å². The van der Waals surface area contributed by atoms with Crippen molar-refractivity contribution in [1.29, 1.82) is 0 Å². The molecule has 6 nitrogen and oxygen atoms in total. The topological polar surface area (TPSA) is 63.4 Å². The Morgan fingerprint density at radius 3 is 3.10 bits per heavy atom. The highest BCUT2D eigenvalue weighted by Gasteiger charge is 2.33. The molecule has 20 heavy (non-hydrogen) atoms. The number of hydrogen-bond acceptors (Lipinski definition) is 6. The zero-order valence-electron chi connectivity index (χ0n) is 12.3. The van der Waals surface area contributed by atoms with Gasteiger partial charge in [-0.15, -0.1) is 0 Å². The largest absolute Gasteiger partial charge is 0.367 e. The fraction of sp³-hybridized carbons (Fsp3) is 0.857. The predicted octanol–water partition coefficient (Wildman–Crippen LogP) is 1.32. The summed E-state index contributed by atoms with van der Waals surface area (Å²) in [4.78, 5) is 6.97. The fourth-order valence-corrected chi connectivity index (χ4v) is 3.28. The van der Waals surface area contributed by atoms with Crippen LogP contribution in [0.5, 0.6) is 0 Å². The monoisotopic (exact) mass is 280 g/mol. The molecule has 1 aliphatic carbocycles. The van der Waals surface area contributed by atoms with E-state index in [2.05, 4.69) is 27.3 Å². The Bertz CT molecular complexity index is 437. The van der Waals surface area contributed by atoms with Crippen LogP contribution in [0.15, 0.2) is 4.52 Å². The third kappa shape index (κ3) is 2.73. The second-order valence-corrected chi connectivity index (χ2v) is 5.68. The molecule has 0 radical (unpaired) electrons. The maximum absolute atomic E-state index is 5.78. The Kier molecular flexibility index (Phi) is 4.33. The van der Waals surface area contributed by atoms with Crippen molar-refractivity contribution in [2.75, 3.05) is 33.3 Å². The zero-order chi connectivity index (χ0) is 13.9. The van der Waals surface area contributed by atoms with Crippen LogP contribution in [0.25, 0.3) is 0 Å². The minimum absolute atomic E-state index is 0.0457. The summed E-state index contributed by atoms with van der Waals surface area (Å²) in [5.41, 5.74) is 0. The lowest BCUT2D eigenvalue weighted by molar-refractivity contribution is -0.0334. The summed E-state index contributed by atoms with van der Waals surface area (Å²) in [7, 11) is 2.00. The van der Waals surface area contributed by atoms with E-state index in [1.54, 1.807) is 0 Å². The molecule has 3 rings (SSSR count). The smallest absolute Gasteiger partial charge is 0.231 e. The SMILES string of the molecule is CCN1CCOC(c2noc(C3CCCC3NC)n2)C1. The van der Waals surface area contributed by atoms with Crippen LogP contribution < -0.4 is 5.32 Å². The van der Waals surface area contributed by atoms with Crippen molar-refractivity contribution in [3.8, 4) is 0 Å². The van der Waals surface area contributed by atoms with E-state index in [0.29, 0.717) is 17.8 Å². The summed E-state index contributed by atoms with van der Waals surface area (Å²) in [5.74, 6) is 1.83. The van der Waals surface area contributed by atoms with E-state index in [9.17, 15) is 0 Å². The number of rotatable bonds is 4. The highest BCUT2D eigenvalue weighted by molar-refractivity contribution is 5.04. The highest BCUT2D eigenvalue weighted by Crippen LogP contribution is 2.34. The average Bonchev–Trinajstić information content (AvgIpc) is 3.15. The first-order chi connectivity index (χ1) is 9.81. The number of nitrogens with zero attached hydrogens (tertiary/aromatic N) is 3. The quantitative estimate of drug-likeness (QED) is 0.897. The predicted molar refractivity (Wildman–Crippen MR) is 74.5 cm³/mol. The molecule has 1 aromatic rings. The van der Waals surface area contributed by atoms with Crippen LogP contribution in [0.4, 0.5) is 0 Å². The van der Waals surface area contributed by atoms with Gasteiger partial charge in [-0.25, -0.2) is 0 Å². The standard InChI is InChI=1S/C14H24N4O2/c1-3-18-7-8-19-12(9-18)13-16-14(20-17-13)10-5-4-6-11(10)15-2/h10-12,15H,3-9H2,1-2H3. The number of ether oxygens (including phenoxy) is 1. The maximum atomic E-state index is 5.78. The van der Waals surface area contributed by atoms with Crippen molar-refractivity contribution in [3.63, 3.8) is 0 Å². The van der Waals surface area contributed by atoms with Crippen molar-refractivity contribution in [1.82, 2.24) is 20.4 Å². The van der Waals surface area contributed by atoms with Crippen LogP contribution in [-0.4, -0.2) is 54.4 Å². The second-order valence-electron chi connectivity index (χ2n) is 5.68. The Balaban J connectivity index is 1.70. The van der Waals surface area contributed by atoms with Gasteiger partial charge in [0.15, 0.2) is 0 Å². The molecule has 6 heteroatoms. The summed E-state index contributed by atoms with van der Waals surface area (Å²) < 4.78 is 11.3. The van der Waals surface area contributed by atoms with Gasteiger partial charge in [-0.3, -0.25) is 4.90 Å². The van der Waals surface area contributed by atoms with E-state index in [4.69, 9.17) is 9.26 Å². The Labute approximate surface area is 119 Å². The molecule has 2 fully saturated rings. The molecule has 0 spiro atoms. The van der Waals surface area contributed by atoms with Gasteiger partial charge in [0.05, 0.1) is 12.5 Å². The molecule has 1 saturated carbocycles. The Hall–Kier alpha value is -0.980. The summed E-state index contributed by atoms with van der Waals surface area (Å²) in [6, 6.07) is 0.461. The summed E-state index contributed by atoms with van der Waals surface area (Å²) in [5, 5.41) is 7.51. The average molecular weight is 280 g/mol. The molecular formula is C14H24N4O2. The van der Waals surface area contributed by atoms with Crippen LogP contribution in [0.3, 0.4) is 0 Å². The fourth-order valence-electron chi connectivity index (χ4n) is 3.28. The first-order valence-electron chi connectivity index (χ1n) is 7.66. The lowest BCUT2D eigenvalue weighted by Gasteiger charge is -2.30. The number of aromatic nitrogens is 2. The lowest BCUT2D eigenvalue weighted by Crippen LogP contribution is -2.38. The number of hydrogen-bond donors (Lipinski definition) is 1. The molecule has 0 aromatic carbocycles. The molecule has 3 unspecified atom stereocenters. The van der Waals surface area contributed by atoms with E-state index < -0.39 is 0 Å². The molecule has 1 aliphatic heterocycles. The van der Waals surface area contributed by atoms with Crippen molar-refractivity contribution < 1.29 is 9.26 Å². The van der Waals surface area contributed by atoms with E-state index in [1.165, 1.54) is 12.8 Å².